The van der Waals surface area contributed by atoms with Gasteiger partial charge in [0.05, 0.1) is 18.5 Å². The molecule has 0 amide bonds. The molecule has 0 saturated carbocycles. The van der Waals surface area contributed by atoms with Gasteiger partial charge in [0.25, 0.3) is 0 Å². The van der Waals surface area contributed by atoms with Gasteiger partial charge in [-0.1, -0.05) is 11.8 Å². The molecule has 102 valence electrons. The number of nitrogens with zero attached hydrogens (tertiary/aromatic N) is 5. The number of aromatic nitrogens is 5. The third kappa shape index (κ3) is 3.47. The molecular formula is C10H14N6O2S. The van der Waals surface area contributed by atoms with Crippen molar-refractivity contribution >= 4 is 23.7 Å². The van der Waals surface area contributed by atoms with E-state index in [4.69, 9.17) is 10.8 Å². The first kappa shape index (κ1) is 13.4. The second-order valence-electron chi connectivity index (χ2n) is 3.96. The van der Waals surface area contributed by atoms with Crippen LogP contribution in [0.1, 0.15) is 5.56 Å². The van der Waals surface area contributed by atoms with Crippen molar-refractivity contribution in [2.45, 2.75) is 25.2 Å². The van der Waals surface area contributed by atoms with E-state index in [2.05, 4.69) is 15.3 Å². The molecule has 8 nitrogen and oxygen atoms in total. The number of nitrogens with two attached hydrogens (primary N) is 1. The highest BCUT2D eigenvalue weighted by Crippen LogP contribution is 2.17. The van der Waals surface area contributed by atoms with Gasteiger partial charge in [-0.2, -0.15) is 5.10 Å². The highest BCUT2D eigenvalue weighted by atomic mass is 32.2. The van der Waals surface area contributed by atoms with Crippen LogP contribution in [0.3, 0.4) is 0 Å². The van der Waals surface area contributed by atoms with Crippen molar-refractivity contribution in [3.63, 3.8) is 0 Å². The number of aryl methyl sites for hydroxylation is 2. The van der Waals surface area contributed by atoms with Crippen molar-refractivity contribution in [1.29, 1.82) is 0 Å². The third-order valence-corrected chi connectivity index (χ3v) is 3.34. The highest BCUT2D eigenvalue weighted by molar-refractivity contribution is 7.99. The molecule has 0 saturated heterocycles. The van der Waals surface area contributed by atoms with Crippen LogP contribution in [0.25, 0.3) is 0 Å². The van der Waals surface area contributed by atoms with Gasteiger partial charge in [0.15, 0.2) is 5.16 Å². The van der Waals surface area contributed by atoms with Crippen LogP contribution >= 0.6 is 11.8 Å². The molecule has 0 aromatic carbocycles. The van der Waals surface area contributed by atoms with Crippen LogP contribution in [-0.2, 0) is 17.9 Å². The first-order valence-electron chi connectivity index (χ1n) is 5.58. The Kier molecular flexibility index (Phi) is 4.05. The minimum Gasteiger partial charge on any atom is -0.481 e. The molecule has 0 aliphatic rings. The molecule has 0 aliphatic carbocycles. The number of aliphatic carboxylic acids is 1. The third-order valence-electron chi connectivity index (χ3n) is 2.39. The van der Waals surface area contributed by atoms with Crippen LogP contribution in [0.15, 0.2) is 17.6 Å². The topological polar surface area (TPSA) is 112 Å². The predicted molar refractivity (Wildman–Crippen MR) is 69.8 cm³/mol. The first-order chi connectivity index (χ1) is 9.06. The van der Waals surface area contributed by atoms with E-state index in [1.54, 1.807) is 15.4 Å². The molecule has 2 aromatic heterocycles. The molecule has 2 rings (SSSR count). The lowest BCUT2D eigenvalue weighted by atomic mass is 10.4. The van der Waals surface area contributed by atoms with E-state index in [1.807, 2.05) is 13.1 Å². The van der Waals surface area contributed by atoms with E-state index in [0.29, 0.717) is 18.2 Å². The number of anilines is 1. The van der Waals surface area contributed by atoms with Crippen molar-refractivity contribution in [3.05, 3.63) is 18.0 Å². The Balaban J connectivity index is 2.02. The summed E-state index contributed by atoms with van der Waals surface area (Å²) in [6.07, 6.45) is 3.69. The molecule has 0 bridgehead atoms. The van der Waals surface area contributed by atoms with Gasteiger partial charge in [-0.25, -0.2) is 0 Å². The Morgan fingerprint density at radius 3 is 2.89 bits per heavy atom. The summed E-state index contributed by atoms with van der Waals surface area (Å²) in [4.78, 5) is 10.5. The van der Waals surface area contributed by atoms with Crippen molar-refractivity contribution in [3.8, 4) is 0 Å². The standard InChI is InChI=1S/C10H14N6O2S/c1-7-4-12-15(5-7)2-3-16-9(11)13-14-10(16)19-6-8(17)18/h4-5H,2-3,6H2,1H3,(H2,11,13)(H,17,18). The monoisotopic (exact) mass is 282 g/mol. The zero-order valence-corrected chi connectivity index (χ0v) is 11.2. The van der Waals surface area contributed by atoms with E-state index in [0.717, 1.165) is 17.3 Å². The molecule has 0 unspecified atom stereocenters. The van der Waals surface area contributed by atoms with Gasteiger partial charge in [0.1, 0.15) is 0 Å². The maximum atomic E-state index is 10.5. The van der Waals surface area contributed by atoms with Gasteiger partial charge < -0.3 is 10.8 Å². The van der Waals surface area contributed by atoms with E-state index in [9.17, 15) is 4.79 Å². The summed E-state index contributed by atoms with van der Waals surface area (Å²) in [5, 5.41) is 21.0. The van der Waals surface area contributed by atoms with Gasteiger partial charge >= 0.3 is 5.97 Å². The van der Waals surface area contributed by atoms with E-state index in [1.165, 1.54) is 0 Å². The van der Waals surface area contributed by atoms with Crippen LogP contribution < -0.4 is 5.73 Å². The molecule has 3 N–H and O–H groups in total. The molecule has 0 fully saturated rings. The largest absolute Gasteiger partial charge is 0.481 e. The normalized spacial score (nSPS) is 10.8. The molecule has 9 heteroatoms. The Morgan fingerprint density at radius 2 is 2.26 bits per heavy atom. The Morgan fingerprint density at radius 1 is 1.47 bits per heavy atom. The van der Waals surface area contributed by atoms with Crippen molar-refractivity contribution < 1.29 is 9.90 Å². The number of hydrogen-bond acceptors (Lipinski definition) is 6. The Hall–Kier alpha value is -2.03. The molecule has 0 radical (unpaired) electrons. The fourth-order valence-corrected chi connectivity index (χ4v) is 2.23. The van der Waals surface area contributed by atoms with Crippen LogP contribution in [0.4, 0.5) is 5.95 Å². The zero-order chi connectivity index (χ0) is 13.8. The molecule has 0 aliphatic heterocycles. The molecular weight excluding hydrogens is 268 g/mol. The number of rotatable bonds is 6. The number of carboxylic acid groups (broad SMARTS) is 1. The van der Waals surface area contributed by atoms with Gasteiger partial charge in [-0.3, -0.25) is 14.0 Å². The Labute approximate surface area is 113 Å². The minimum absolute atomic E-state index is 0.0704. The first-order valence-corrected chi connectivity index (χ1v) is 6.57. The Bertz CT molecular complexity index is 578. The molecule has 2 heterocycles. The number of hydrogen-bond donors (Lipinski definition) is 2. The summed E-state index contributed by atoms with van der Waals surface area (Å²) in [6.45, 7) is 3.13. The van der Waals surface area contributed by atoms with Crippen LogP contribution in [-0.4, -0.2) is 41.4 Å². The maximum Gasteiger partial charge on any atom is 0.313 e. The SMILES string of the molecule is Cc1cnn(CCn2c(N)nnc2SCC(=O)O)c1. The van der Waals surface area contributed by atoms with Gasteiger partial charge in [-0.15, -0.1) is 10.2 Å². The minimum atomic E-state index is -0.902. The molecule has 19 heavy (non-hydrogen) atoms. The van der Waals surface area contributed by atoms with Crippen LogP contribution in [0.2, 0.25) is 0 Å². The van der Waals surface area contributed by atoms with Gasteiger partial charge in [0, 0.05) is 12.7 Å². The lowest BCUT2D eigenvalue weighted by Crippen LogP contribution is -2.12. The summed E-state index contributed by atoms with van der Waals surface area (Å²) in [5.74, 6) is -0.698. The quantitative estimate of drug-likeness (QED) is 0.730. The molecule has 0 spiro atoms. The zero-order valence-electron chi connectivity index (χ0n) is 10.4. The summed E-state index contributed by atoms with van der Waals surface area (Å²) in [7, 11) is 0. The summed E-state index contributed by atoms with van der Waals surface area (Å²) >= 11 is 1.10. The second-order valence-corrected chi connectivity index (χ2v) is 4.90. The smallest absolute Gasteiger partial charge is 0.313 e. The second kappa shape index (κ2) is 5.74. The van der Waals surface area contributed by atoms with Crippen molar-refractivity contribution in [1.82, 2.24) is 24.5 Å². The van der Waals surface area contributed by atoms with Crippen LogP contribution in [0.5, 0.6) is 0 Å². The highest BCUT2D eigenvalue weighted by Gasteiger charge is 2.11. The number of carboxylic acids is 1. The fraction of sp³-hybridized carbons (Fsp3) is 0.400. The lowest BCUT2D eigenvalue weighted by molar-refractivity contribution is -0.133. The van der Waals surface area contributed by atoms with E-state index in [-0.39, 0.29) is 11.7 Å². The van der Waals surface area contributed by atoms with Gasteiger partial charge in [0.2, 0.25) is 5.95 Å². The number of nitrogen functional groups attached to an aromatic ring is 1. The van der Waals surface area contributed by atoms with E-state index < -0.39 is 5.97 Å². The van der Waals surface area contributed by atoms with Crippen molar-refractivity contribution in [2.24, 2.45) is 0 Å². The van der Waals surface area contributed by atoms with Crippen LogP contribution in [0, 0.1) is 6.92 Å². The maximum absolute atomic E-state index is 10.5. The summed E-state index contributed by atoms with van der Waals surface area (Å²) < 4.78 is 3.48. The van der Waals surface area contributed by atoms with E-state index >= 15 is 0 Å². The average Bonchev–Trinajstić information content (AvgIpc) is 2.91. The molecule has 0 atom stereocenters. The fourth-order valence-electron chi connectivity index (χ4n) is 1.53. The average molecular weight is 282 g/mol. The molecule has 2 aromatic rings. The predicted octanol–water partition coefficient (Wildman–Crippen LogP) is 0.242. The van der Waals surface area contributed by atoms with Crippen molar-refractivity contribution in [2.75, 3.05) is 11.5 Å². The van der Waals surface area contributed by atoms with Gasteiger partial charge in [-0.05, 0) is 12.5 Å². The summed E-state index contributed by atoms with van der Waals surface area (Å²) in [5.41, 5.74) is 6.80. The number of carbonyl (C=O) groups is 1. The summed E-state index contributed by atoms with van der Waals surface area (Å²) in [6, 6.07) is 0. The lowest BCUT2D eigenvalue weighted by Gasteiger charge is -2.07. The number of thioether (sulfide) groups is 1.